The van der Waals surface area contributed by atoms with E-state index < -0.39 is 34.7 Å². The minimum Gasteiger partial charge on any atom is -0.477 e. The second kappa shape index (κ2) is 7.41. The van der Waals surface area contributed by atoms with E-state index >= 15 is 0 Å². The maximum Gasteiger partial charge on any atom is 0.416 e. The summed E-state index contributed by atoms with van der Waals surface area (Å²) in [5.74, 6) is -1.45. The number of hydrogen-bond acceptors (Lipinski definition) is 4. The summed E-state index contributed by atoms with van der Waals surface area (Å²) in [6.45, 7) is 2.09. The number of carbonyl (C=O) groups is 1. The first-order valence-corrected chi connectivity index (χ1v) is 10.3. The number of hydrogen-bond donors (Lipinski definition) is 2. The Morgan fingerprint density at radius 2 is 1.94 bits per heavy atom. The molecule has 0 atom stereocenters. The van der Waals surface area contributed by atoms with Crippen LogP contribution in [0.4, 0.5) is 13.2 Å². The molecule has 3 heterocycles. The summed E-state index contributed by atoms with van der Waals surface area (Å²) in [6, 6.07) is 2.81. The normalized spacial score (nSPS) is 12.1. The number of alkyl halides is 3. The van der Waals surface area contributed by atoms with Crippen LogP contribution in [0, 0.1) is 0 Å². The van der Waals surface area contributed by atoms with E-state index in [0.717, 1.165) is 23.5 Å². The molecule has 162 valence electrons. The summed E-state index contributed by atoms with van der Waals surface area (Å²) in [5, 5.41) is 13.0. The molecule has 0 aliphatic rings. The zero-order chi connectivity index (χ0) is 22.5. The number of rotatable bonds is 5. The monoisotopic (exact) mass is 451 g/mol. The van der Waals surface area contributed by atoms with E-state index in [-0.39, 0.29) is 34.0 Å². The molecule has 0 spiro atoms. The Morgan fingerprint density at radius 3 is 2.58 bits per heavy atom. The van der Waals surface area contributed by atoms with E-state index in [1.165, 1.54) is 16.0 Å². The van der Waals surface area contributed by atoms with E-state index in [2.05, 4.69) is 4.98 Å². The number of nitrogens with zero attached hydrogens (tertiary/aromatic N) is 2. The molecule has 0 unspecified atom stereocenters. The number of aromatic carboxylic acids is 1. The molecule has 0 amide bonds. The summed E-state index contributed by atoms with van der Waals surface area (Å²) in [7, 11) is 0. The van der Waals surface area contributed by atoms with Crippen LogP contribution in [0.1, 0.15) is 35.8 Å². The van der Waals surface area contributed by atoms with Crippen LogP contribution in [-0.2, 0) is 12.7 Å². The molecule has 0 saturated carbocycles. The minimum absolute atomic E-state index is 0.134. The van der Waals surface area contributed by atoms with Crippen molar-refractivity contribution in [1.29, 1.82) is 0 Å². The molecule has 4 rings (SSSR count). The summed E-state index contributed by atoms with van der Waals surface area (Å²) >= 11 is 1.16. The van der Waals surface area contributed by atoms with Gasteiger partial charge in [0.15, 0.2) is 5.69 Å². The van der Waals surface area contributed by atoms with Crippen molar-refractivity contribution < 1.29 is 23.1 Å². The standard InChI is InChI=1S/C20H16F3N3O4S/c1-2-3-6-25-14-5-4-10(20(21,22)23)7-11(14)15(16(25)18(28)29)26-17(27)12-8-31-9-13(12)24-19(26)30/h4-5,7-9H,2-3,6H2,1H3,(H,24,30)(H,28,29). The van der Waals surface area contributed by atoms with Crippen molar-refractivity contribution in [2.24, 2.45) is 0 Å². The van der Waals surface area contributed by atoms with Gasteiger partial charge in [-0.15, -0.1) is 11.3 Å². The van der Waals surface area contributed by atoms with Gasteiger partial charge in [-0.25, -0.2) is 14.2 Å². The first kappa shape index (κ1) is 20.9. The molecule has 0 saturated heterocycles. The number of nitrogens with one attached hydrogen (secondary N) is 1. The van der Waals surface area contributed by atoms with Gasteiger partial charge in [-0.1, -0.05) is 13.3 Å². The number of H-pyrrole nitrogens is 1. The largest absolute Gasteiger partial charge is 0.477 e. The number of carboxylic acid groups (broad SMARTS) is 1. The van der Waals surface area contributed by atoms with E-state index in [9.17, 15) is 32.7 Å². The lowest BCUT2D eigenvalue weighted by atomic mass is 10.1. The quantitative estimate of drug-likeness (QED) is 0.475. The Bertz CT molecular complexity index is 1440. The van der Waals surface area contributed by atoms with Gasteiger partial charge in [0, 0.05) is 22.7 Å². The lowest BCUT2D eigenvalue weighted by molar-refractivity contribution is -0.137. The molecule has 0 bridgehead atoms. The third-order valence-corrected chi connectivity index (χ3v) is 5.81. The van der Waals surface area contributed by atoms with Crippen molar-refractivity contribution in [2.45, 2.75) is 32.5 Å². The topological polar surface area (TPSA) is 97.1 Å². The smallest absolute Gasteiger partial charge is 0.416 e. The number of aromatic nitrogens is 3. The molecule has 0 aliphatic heterocycles. The Morgan fingerprint density at radius 1 is 1.19 bits per heavy atom. The van der Waals surface area contributed by atoms with Crippen molar-refractivity contribution >= 4 is 39.1 Å². The number of aromatic amines is 1. The van der Waals surface area contributed by atoms with Crippen LogP contribution in [0.3, 0.4) is 0 Å². The van der Waals surface area contributed by atoms with E-state index in [1.54, 1.807) is 5.38 Å². The molecule has 3 aromatic heterocycles. The Labute approximate surface area is 176 Å². The molecule has 4 aromatic rings. The number of aryl methyl sites for hydroxylation is 1. The van der Waals surface area contributed by atoms with Gasteiger partial charge in [-0.05, 0) is 24.6 Å². The second-order valence-electron chi connectivity index (χ2n) is 7.01. The van der Waals surface area contributed by atoms with Crippen molar-refractivity contribution in [3.05, 3.63) is 61.1 Å². The fraction of sp³-hybridized carbons (Fsp3) is 0.250. The predicted octanol–water partition coefficient (Wildman–Crippen LogP) is 4.21. The fourth-order valence-electron chi connectivity index (χ4n) is 3.65. The highest BCUT2D eigenvalue weighted by atomic mass is 32.1. The average molecular weight is 451 g/mol. The highest BCUT2D eigenvalue weighted by Crippen LogP contribution is 2.36. The highest BCUT2D eigenvalue weighted by Gasteiger charge is 2.33. The zero-order valence-electron chi connectivity index (χ0n) is 16.1. The lowest BCUT2D eigenvalue weighted by Gasteiger charge is -2.09. The number of thiophene rings is 1. The third kappa shape index (κ3) is 3.34. The van der Waals surface area contributed by atoms with Crippen LogP contribution in [0.15, 0.2) is 38.5 Å². The number of benzene rings is 1. The van der Waals surface area contributed by atoms with Crippen LogP contribution < -0.4 is 11.2 Å². The number of fused-ring (bicyclic) bond motifs is 2. The predicted molar refractivity (Wildman–Crippen MR) is 110 cm³/mol. The van der Waals surface area contributed by atoms with Gasteiger partial charge in [0.25, 0.3) is 5.56 Å². The molecule has 7 nitrogen and oxygen atoms in total. The number of halogens is 3. The fourth-order valence-corrected chi connectivity index (χ4v) is 4.41. The summed E-state index contributed by atoms with van der Waals surface area (Å²) in [5.41, 5.74) is -3.04. The van der Waals surface area contributed by atoms with Crippen molar-refractivity contribution in [3.8, 4) is 5.69 Å². The van der Waals surface area contributed by atoms with E-state index in [4.69, 9.17) is 0 Å². The Balaban J connectivity index is 2.20. The summed E-state index contributed by atoms with van der Waals surface area (Å²) in [6.07, 6.45) is -3.43. The van der Waals surface area contributed by atoms with Gasteiger partial charge in [0.1, 0.15) is 0 Å². The molecule has 0 fully saturated rings. The van der Waals surface area contributed by atoms with Crippen LogP contribution in [0.5, 0.6) is 0 Å². The molecule has 0 aliphatic carbocycles. The van der Waals surface area contributed by atoms with Crippen molar-refractivity contribution in [1.82, 2.24) is 14.1 Å². The molecule has 1 aromatic carbocycles. The van der Waals surface area contributed by atoms with E-state index in [0.29, 0.717) is 17.4 Å². The van der Waals surface area contributed by atoms with Crippen LogP contribution >= 0.6 is 11.3 Å². The molecule has 11 heteroatoms. The SMILES string of the molecule is CCCCn1c(C(=O)O)c(-n2c(=O)[nH]c3cscc3c2=O)c2cc(C(F)(F)F)ccc21. The van der Waals surface area contributed by atoms with Gasteiger partial charge in [0.2, 0.25) is 0 Å². The van der Waals surface area contributed by atoms with Gasteiger partial charge >= 0.3 is 17.8 Å². The molecule has 31 heavy (non-hydrogen) atoms. The summed E-state index contributed by atoms with van der Waals surface area (Å²) in [4.78, 5) is 40.5. The van der Waals surface area contributed by atoms with Crippen LogP contribution in [-0.4, -0.2) is 25.2 Å². The van der Waals surface area contributed by atoms with E-state index in [1.807, 2.05) is 6.92 Å². The highest BCUT2D eigenvalue weighted by molar-refractivity contribution is 7.09. The molecule has 2 N–H and O–H groups in total. The summed E-state index contributed by atoms with van der Waals surface area (Å²) < 4.78 is 42.1. The van der Waals surface area contributed by atoms with Crippen LogP contribution in [0.25, 0.3) is 27.5 Å². The van der Waals surface area contributed by atoms with Gasteiger partial charge < -0.3 is 14.7 Å². The van der Waals surface area contributed by atoms with Crippen molar-refractivity contribution in [2.75, 3.05) is 0 Å². The third-order valence-electron chi connectivity index (χ3n) is 5.07. The van der Waals surface area contributed by atoms with Crippen molar-refractivity contribution in [3.63, 3.8) is 0 Å². The van der Waals surface area contributed by atoms with Gasteiger partial charge in [0.05, 0.1) is 27.7 Å². The minimum atomic E-state index is -4.69. The lowest BCUT2D eigenvalue weighted by Crippen LogP contribution is -2.34. The van der Waals surface area contributed by atoms with Gasteiger partial charge in [-0.3, -0.25) is 4.79 Å². The number of carboxylic acids is 1. The average Bonchev–Trinajstić information content (AvgIpc) is 3.28. The second-order valence-corrected chi connectivity index (χ2v) is 7.75. The zero-order valence-corrected chi connectivity index (χ0v) is 16.9. The number of unbranched alkanes of at least 4 members (excludes halogenated alkanes) is 1. The Hall–Kier alpha value is -3.34. The maximum absolute atomic E-state index is 13.4. The first-order valence-electron chi connectivity index (χ1n) is 9.33. The first-order chi connectivity index (χ1) is 14.6. The molecule has 0 radical (unpaired) electrons. The molecular formula is C20H16F3N3O4S. The molecular weight excluding hydrogens is 435 g/mol. The van der Waals surface area contributed by atoms with Gasteiger partial charge in [-0.2, -0.15) is 13.2 Å². The Kier molecular flexibility index (Phi) is 5.00. The maximum atomic E-state index is 13.4. The van der Waals surface area contributed by atoms with Crippen LogP contribution in [0.2, 0.25) is 0 Å².